The van der Waals surface area contributed by atoms with E-state index in [-0.39, 0.29) is 18.7 Å². The molecule has 0 bridgehead atoms. The van der Waals surface area contributed by atoms with E-state index >= 15 is 0 Å². The number of hydrogen-bond donors (Lipinski definition) is 2. The van der Waals surface area contributed by atoms with Crippen LogP contribution in [0.2, 0.25) is 0 Å². The van der Waals surface area contributed by atoms with Crippen molar-refractivity contribution in [3.8, 4) is 0 Å². The molecule has 27 heavy (non-hydrogen) atoms. The molecule has 0 saturated carbocycles. The van der Waals surface area contributed by atoms with Crippen LogP contribution in [-0.2, 0) is 20.8 Å². The molecule has 2 rings (SSSR count). The number of hydrogen-bond acceptors (Lipinski definition) is 6. The van der Waals surface area contributed by atoms with E-state index in [2.05, 4.69) is 10.2 Å². The highest BCUT2D eigenvalue weighted by atomic mass is 16.6. The number of morpholine rings is 1. The van der Waals surface area contributed by atoms with Crippen LogP contribution in [0.1, 0.15) is 26.3 Å². The first-order valence-electron chi connectivity index (χ1n) is 9.41. The van der Waals surface area contributed by atoms with E-state index < -0.39 is 11.7 Å². The van der Waals surface area contributed by atoms with E-state index in [4.69, 9.17) is 14.2 Å². The fourth-order valence-electron chi connectivity index (χ4n) is 2.89. The van der Waals surface area contributed by atoms with Crippen molar-refractivity contribution >= 4 is 6.09 Å². The molecule has 1 aromatic carbocycles. The molecule has 2 atom stereocenters. The summed E-state index contributed by atoms with van der Waals surface area (Å²) in [5.74, 6) is 0. The number of ether oxygens (including phenoxy) is 3. The van der Waals surface area contributed by atoms with E-state index in [1.807, 2.05) is 51.1 Å². The molecule has 1 saturated heterocycles. The van der Waals surface area contributed by atoms with Crippen LogP contribution in [0.4, 0.5) is 4.79 Å². The van der Waals surface area contributed by atoms with Crippen molar-refractivity contribution in [1.29, 1.82) is 0 Å². The molecule has 1 amide bonds. The minimum Gasteiger partial charge on any atom is -0.444 e. The first-order chi connectivity index (χ1) is 12.9. The van der Waals surface area contributed by atoms with Crippen LogP contribution in [-0.4, -0.2) is 73.3 Å². The summed E-state index contributed by atoms with van der Waals surface area (Å²) in [4.78, 5) is 14.3. The summed E-state index contributed by atoms with van der Waals surface area (Å²) in [6.07, 6.45) is -0.468. The van der Waals surface area contributed by atoms with Gasteiger partial charge in [-0.15, -0.1) is 0 Å². The second-order valence-corrected chi connectivity index (χ2v) is 7.75. The minimum absolute atomic E-state index is 0.0179. The van der Waals surface area contributed by atoms with Crippen molar-refractivity contribution in [2.45, 2.75) is 45.1 Å². The zero-order chi connectivity index (χ0) is 19.7. The maximum atomic E-state index is 12.2. The van der Waals surface area contributed by atoms with E-state index in [0.717, 1.165) is 5.56 Å². The molecule has 1 aromatic rings. The topological polar surface area (TPSA) is 80.3 Å². The van der Waals surface area contributed by atoms with Gasteiger partial charge in [0.25, 0.3) is 0 Å². The standard InChI is InChI=1S/C20H32N2O5/c1-20(2,3)27-19(24)21-17(11-22-9-10-25-15-18(22)12-23)14-26-13-16-7-5-4-6-8-16/h4-8,17-18,23H,9-15H2,1-3H3,(H,21,24)/t17-,18-/m0/s1. The number of nitrogens with zero attached hydrogens (tertiary/aromatic N) is 1. The van der Waals surface area contributed by atoms with Crippen molar-refractivity contribution in [3.63, 3.8) is 0 Å². The lowest BCUT2D eigenvalue weighted by molar-refractivity contribution is -0.0364. The Bertz CT molecular complexity index is 561. The summed E-state index contributed by atoms with van der Waals surface area (Å²) in [7, 11) is 0. The number of alkyl carbamates (subject to hydrolysis) is 1. The predicted octanol–water partition coefficient (Wildman–Crippen LogP) is 1.79. The average Bonchev–Trinajstić information content (AvgIpc) is 2.61. The van der Waals surface area contributed by atoms with Crippen LogP contribution in [0.5, 0.6) is 0 Å². The van der Waals surface area contributed by atoms with Gasteiger partial charge in [-0.05, 0) is 26.3 Å². The van der Waals surface area contributed by atoms with Gasteiger partial charge in [0.05, 0.1) is 45.1 Å². The lowest BCUT2D eigenvalue weighted by Crippen LogP contribution is -2.54. The Labute approximate surface area is 161 Å². The average molecular weight is 380 g/mol. The Balaban J connectivity index is 1.93. The monoisotopic (exact) mass is 380 g/mol. The molecule has 1 aliphatic heterocycles. The quantitative estimate of drug-likeness (QED) is 0.716. The molecule has 0 spiro atoms. The fraction of sp³-hybridized carbons (Fsp3) is 0.650. The van der Waals surface area contributed by atoms with Crippen molar-refractivity contribution in [3.05, 3.63) is 35.9 Å². The molecular formula is C20H32N2O5. The second-order valence-electron chi connectivity index (χ2n) is 7.75. The van der Waals surface area contributed by atoms with Crippen LogP contribution in [0.25, 0.3) is 0 Å². The van der Waals surface area contributed by atoms with Crippen molar-refractivity contribution < 1.29 is 24.1 Å². The van der Waals surface area contributed by atoms with Crippen LogP contribution >= 0.6 is 0 Å². The molecule has 0 aliphatic carbocycles. The summed E-state index contributed by atoms with van der Waals surface area (Å²) in [6, 6.07) is 9.57. The number of amides is 1. The second kappa shape index (κ2) is 10.6. The van der Waals surface area contributed by atoms with E-state index in [1.165, 1.54) is 0 Å². The van der Waals surface area contributed by atoms with Gasteiger partial charge in [-0.2, -0.15) is 0 Å². The van der Waals surface area contributed by atoms with Gasteiger partial charge in [0.15, 0.2) is 0 Å². The van der Waals surface area contributed by atoms with Crippen molar-refractivity contribution in [2.24, 2.45) is 0 Å². The van der Waals surface area contributed by atoms with Crippen LogP contribution in [0, 0.1) is 0 Å². The van der Waals surface area contributed by atoms with Gasteiger partial charge in [-0.1, -0.05) is 30.3 Å². The van der Waals surface area contributed by atoms with Crippen LogP contribution < -0.4 is 5.32 Å². The molecule has 7 nitrogen and oxygen atoms in total. The minimum atomic E-state index is -0.563. The van der Waals surface area contributed by atoms with Crippen molar-refractivity contribution in [2.75, 3.05) is 39.5 Å². The van der Waals surface area contributed by atoms with Gasteiger partial charge in [0, 0.05) is 13.1 Å². The Morgan fingerprint density at radius 1 is 1.37 bits per heavy atom. The first-order valence-corrected chi connectivity index (χ1v) is 9.41. The Morgan fingerprint density at radius 3 is 2.78 bits per heavy atom. The summed E-state index contributed by atoms with van der Waals surface area (Å²) < 4.78 is 16.6. The molecule has 0 aromatic heterocycles. The summed E-state index contributed by atoms with van der Waals surface area (Å²) >= 11 is 0. The lowest BCUT2D eigenvalue weighted by atomic mass is 10.2. The van der Waals surface area contributed by atoms with Crippen molar-refractivity contribution in [1.82, 2.24) is 10.2 Å². The third kappa shape index (κ3) is 8.26. The molecule has 2 N–H and O–H groups in total. The smallest absolute Gasteiger partial charge is 0.407 e. The number of nitrogens with one attached hydrogen (secondary N) is 1. The number of aliphatic hydroxyl groups is 1. The summed E-state index contributed by atoms with van der Waals surface area (Å²) in [6.45, 7) is 8.69. The zero-order valence-electron chi connectivity index (χ0n) is 16.5. The molecule has 1 fully saturated rings. The Hall–Kier alpha value is -1.67. The van der Waals surface area contributed by atoms with Gasteiger partial charge in [-0.25, -0.2) is 4.79 Å². The molecule has 0 unspecified atom stereocenters. The highest BCUT2D eigenvalue weighted by Crippen LogP contribution is 2.10. The van der Waals surface area contributed by atoms with E-state index in [0.29, 0.717) is 39.5 Å². The molecular weight excluding hydrogens is 348 g/mol. The molecule has 7 heteroatoms. The molecule has 1 aliphatic rings. The number of aliphatic hydroxyl groups excluding tert-OH is 1. The van der Waals surface area contributed by atoms with Gasteiger partial charge in [0.1, 0.15) is 5.60 Å². The normalized spacial score (nSPS) is 19.5. The maximum Gasteiger partial charge on any atom is 0.407 e. The lowest BCUT2D eigenvalue weighted by Gasteiger charge is -2.36. The maximum absolute atomic E-state index is 12.2. The molecule has 0 radical (unpaired) electrons. The Morgan fingerprint density at radius 2 is 2.11 bits per heavy atom. The van der Waals surface area contributed by atoms with E-state index in [1.54, 1.807) is 0 Å². The van der Waals surface area contributed by atoms with Gasteiger partial charge in [-0.3, -0.25) is 4.90 Å². The number of rotatable bonds is 8. The SMILES string of the molecule is CC(C)(C)OC(=O)N[C@H](COCc1ccccc1)CN1CCOC[C@@H]1CO. The number of carbonyl (C=O) groups is 1. The molecule has 152 valence electrons. The summed E-state index contributed by atoms with van der Waals surface area (Å²) in [5.41, 5.74) is 0.514. The van der Waals surface area contributed by atoms with Gasteiger partial charge >= 0.3 is 6.09 Å². The third-order valence-electron chi connectivity index (χ3n) is 4.17. The van der Waals surface area contributed by atoms with Gasteiger partial charge < -0.3 is 24.6 Å². The number of benzene rings is 1. The van der Waals surface area contributed by atoms with Gasteiger partial charge in [0.2, 0.25) is 0 Å². The number of carbonyl (C=O) groups excluding carboxylic acids is 1. The largest absolute Gasteiger partial charge is 0.444 e. The third-order valence-corrected chi connectivity index (χ3v) is 4.17. The highest BCUT2D eigenvalue weighted by molar-refractivity contribution is 5.68. The predicted molar refractivity (Wildman–Crippen MR) is 103 cm³/mol. The highest BCUT2D eigenvalue weighted by Gasteiger charge is 2.27. The van der Waals surface area contributed by atoms with Crippen LogP contribution in [0.3, 0.4) is 0 Å². The Kier molecular flexibility index (Phi) is 8.50. The summed E-state index contributed by atoms with van der Waals surface area (Å²) in [5, 5.41) is 12.5. The molecule has 1 heterocycles. The first kappa shape index (κ1) is 21.6. The fourth-order valence-corrected chi connectivity index (χ4v) is 2.89. The zero-order valence-corrected chi connectivity index (χ0v) is 16.5. The van der Waals surface area contributed by atoms with E-state index in [9.17, 15) is 9.90 Å². The van der Waals surface area contributed by atoms with Crippen LogP contribution in [0.15, 0.2) is 30.3 Å².